The summed E-state index contributed by atoms with van der Waals surface area (Å²) in [6, 6.07) is 7.90. The molecule has 1 aromatic rings. The molecule has 2 atom stereocenters. The van der Waals surface area contributed by atoms with E-state index >= 15 is 0 Å². The molecule has 0 amide bonds. The summed E-state index contributed by atoms with van der Waals surface area (Å²) in [6.07, 6.45) is 4.76. The second-order valence-corrected chi connectivity index (χ2v) is 7.61. The minimum absolute atomic E-state index is 0.211. The fraction of sp³-hybridized carbons (Fsp3) is 0.500. The third-order valence-corrected chi connectivity index (χ3v) is 6.41. The Morgan fingerprint density at radius 2 is 1.84 bits per heavy atom. The maximum Gasteiger partial charge on any atom is 0.313 e. The molecule has 0 aromatic heterocycles. The number of carboxylic acids is 1. The molecule has 1 saturated carbocycles. The van der Waals surface area contributed by atoms with Gasteiger partial charge in [0.15, 0.2) is 0 Å². The van der Waals surface area contributed by atoms with Crippen LogP contribution in [-0.2, 0) is 4.79 Å². The number of halogens is 1. The molecule has 0 aliphatic heterocycles. The molecule has 0 spiro atoms. The molecule has 2 rings (SSSR count). The average Bonchev–Trinajstić information content (AvgIpc) is 2.40. The van der Waals surface area contributed by atoms with Crippen LogP contribution in [-0.4, -0.2) is 27.3 Å². The van der Waals surface area contributed by atoms with E-state index in [0.717, 1.165) is 11.4 Å². The molecule has 1 aliphatic rings. The minimum Gasteiger partial charge on any atom is -0.481 e. The molecular formula is C14H17ClO2S2. The van der Waals surface area contributed by atoms with Crippen LogP contribution in [0.1, 0.15) is 25.7 Å². The van der Waals surface area contributed by atoms with Gasteiger partial charge in [0.2, 0.25) is 0 Å². The molecule has 5 heteroatoms. The summed E-state index contributed by atoms with van der Waals surface area (Å²) < 4.78 is 0. The molecule has 104 valence electrons. The SMILES string of the molecule is O=C(O)CSC1CCCCC1Sc1ccc(Cl)cc1. The molecule has 0 saturated heterocycles. The Morgan fingerprint density at radius 3 is 2.47 bits per heavy atom. The third-order valence-electron chi connectivity index (χ3n) is 3.16. The summed E-state index contributed by atoms with van der Waals surface area (Å²) in [7, 11) is 0. The first-order chi connectivity index (χ1) is 9.15. The predicted molar refractivity (Wildman–Crippen MR) is 83.4 cm³/mol. The van der Waals surface area contributed by atoms with Crippen molar-refractivity contribution >= 4 is 41.1 Å². The molecule has 2 unspecified atom stereocenters. The average molecular weight is 317 g/mol. The topological polar surface area (TPSA) is 37.3 Å². The van der Waals surface area contributed by atoms with E-state index in [0.29, 0.717) is 10.5 Å². The van der Waals surface area contributed by atoms with Crippen LogP contribution in [0.3, 0.4) is 0 Å². The van der Waals surface area contributed by atoms with E-state index in [1.54, 1.807) is 11.8 Å². The molecule has 19 heavy (non-hydrogen) atoms. The predicted octanol–water partition coefficient (Wildman–Crippen LogP) is 4.56. The zero-order valence-electron chi connectivity index (χ0n) is 10.5. The number of hydrogen-bond donors (Lipinski definition) is 1. The second kappa shape index (κ2) is 7.46. The summed E-state index contributed by atoms with van der Waals surface area (Å²) in [5.74, 6) is -0.506. The van der Waals surface area contributed by atoms with Crippen molar-refractivity contribution in [2.24, 2.45) is 0 Å². The highest BCUT2D eigenvalue weighted by molar-refractivity contribution is 8.04. The maximum atomic E-state index is 10.7. The molecular weight excluding hydrogens is 300 g/mol. The van der Waals surface area contributed by atoms with Crippen LogP contribution in [0.5, 0.6) is 0 Å². The highest BCUT2D eigenvalue weighted by Crippen LogP contribution is 2.39. The zero-order chi connectivity index (χ0) is 13.7. The molecule has 1 fully saturated rings. The van der Waals surface area contributed by atoms with Gasteiger partial charge in [-0.2, -0.15) is 0 Å². The first kappa shape index (κ1) is 15.1. The maximum absolute atomic E-state index is 10.7. The fourth-order valence-electron chi connectivity index (χ4n) is 2.25. The van der Waals surface area contributed by atoms with Gasteiger partial charge in [-0.3, -0.25) is 4.79 Å². The molecule has 0 heterocycles. The quantitative estimate of drug-likeness (QED) is 0.864. The van der Waals surface area contributed by atoms with Crippen LogP contribution >= 0.6 is 35.1 Å². The second-order valence-electron chi connectivity index (χ2n) is 4.64. The number of aliphatic carboxylic acids is 1. The Bertz CT molecular complexity index is 422. The Morgan fingerprint density at radius 1 is 1.21 bits per heavy atom. The first-order valence-corrected chi connectivity index (χ1v) is 8.71. The van der Waals surface area contributed by atoms with Crippen LogP contribution in [0.25, 0.3) is 0 Å². The van der Waals surface area contributed by atoms with E-state index in [2.05, 4.69) is 0 Å². The molecule has 0 radical (unpaired) electrons. The zero-order valence-corrected chi connectivity index (χ0v) is 12.9. The minimum atomic E-state index is -0.717. The number of carbonyl (C=O) groups is 1. The monoisotopic (exact) mass is 316 g/mol. The van der Waals surface area contributed by atoms with Gasteiger partial charge in [-0.05, 0) is 37.1 Å². The highest BCUT2D eigenvalue weighted by atomic mass is 35.5. The number of rotatable bonds is 5. The summed E-state index contributed by atoms with van der Waals surface area (Å²) in [6.45, 7) is 0. The van der Waals surface area contributed by atoms with Crippen LogP contribution in [0.4, 0.5) is 0 Å². The molecule has 1 aliphatic carbocycles. The standard InChI is InChI=1S/C14H17ClO2S2/c15-10-5-7-11(8-6-10)19-13-4-2-1-3-12(13)18-9-14(16)17/h5-8,12-13H,1-4,9H2,(H,16,17). The summed E-state index contributed by atoms with van der Waals surface area (Å²) >= 11 is 9.34. The number of carboxylic acid groups (broad SMARTS) is 1. The van der Waals surface area contributed by atoms with Gasteiger partial charge in [0.05, 0.1) is 5.75 Å². The van der Waals surface area contributed by atoms with E-state index in [4.69, 9.17) is 16.7 Å². The van der Waals surface area contributed by atoms with E-state index in [-0.39, 0.29) is 5.75 Å². The first-order valence-electron chi connectivity index (χ1n) is 6.41. The van der Waals surface area contributed by atoms with Crippen molar-refractivity contribution in [1.29, 1.82) is 0 Å². The van der Waals surface area contributed by atoms with Crippen molar-refractivity contribution in [2.75, 3.05) is 5.75 Å². The highest BCUT2D eigenvalue weighted by Gasteiger charge is 2.26. The Labute approximate surface area is 127 Å². The van der Waals surface area contributed by atoms with E-state index in [1.807, 2.05) is 36.0 Å². The summed E-state index contributed by atoms with van der Waals surface area (Å²) in [5.41, 5.74) is 0. The number of benzene rings is 1. The lowest BCUT2D eigenvalue weighted by molar-refractivity contribution is -0.133. The van der Waals surface area contributed by atoms with E-state index in [1.165, 1.54) is 24.2 Å². The van der Waals surface area contributed by atoms with Crippen LogP contribution in [0.15, 0.2) is 29.2 Å². The lowest BCUT2D eigenvalue weighted by atomic mass is 10.00. The van der Waals surface area contributed by atoms with Crippen molar-refractivity contribution in [3.05, 3.63) is 29.3 Å². The smallest absolute Gasteiger partial charge is 0.313 e. The molecule has 1 N–H and O–H groups in total. The van der Waals surface area contributed by atoms with Crippen molar-refractivity contribution in [1.82, 2.24) is 0 Å². The van der Waals surface area contributed by atoms with Gasteiger partial charge in [-0.25, -0.2) is 0 Å². The Hall–Kier alpha value is -0.320. The van der Waals surface area contributed by atoms with Gasteiger partial charge >= 0.3 is 5.97 Å². The van der Waals surface area contributed by atoms with Gasteiger partial charge in [0.1, 0.15) is 0 Å². The van der Waals surface area contributed by atoms with Crippen LogP contribution in [0.2, 0.25) is 5.02 Å². The Kier molecular flexibility index (Phi) is 5.92. The van der Waals surface area contributed by atoms with Crippen molar-refractivity contribution in [3.8, 4) is 0 Å². The number of thioether (sulfide) groups is 2. The summed E-state index contributed by atoms with van der Waals surface area (Å²) in [5, 5.41) is 10.5. The van der Waals surface area contributed by atoms with Crippen molar-refractivity contribution in [2.45, 2.75) is 41.1 Å². The molecule has 1 aromatic carbocycles. The number of hydrogen-bond acceptors (Lipinski definition) is 3. The van der Waals surface area contributed by atoms with Gasteiger partial charge in [-0.15, -0.1) is 23.5 Å². The summed E-state index contributed by atoms with van der Waals surface area (Å²) in [4.78, 5) is 11.9. The van der Waals surface area contributed by atoms with Gasteiger partial charge in [0.25, 0.3) is 0 Å². The van der Waals surface area contributed by atoms with E-state index < -0.39 is 5.97 Å². The van der Waals surface area contributed by atoms with E-state index in [9.17, 15) is 4.79 Å². The van der Waals surface area contributed by atoms with Crippen molar-refractivity contribution < 1.29 is 9.90 Å². The third kappa shape index (κ3) is 4.93. The fourth-order valence-corrected chi connectivity index (χ4v) is 5.04. The lowest BCUT2D eigenvalue weighted by Crippen LogP contribution is -2.25. The van der Waals surface area contributed by atoms with Gasteiger partial charge in [-0.1, -0.05) is 24.4 Å². The normalized spacial score (nSPS) is 23.2. The van der Waals surface area contributed by atoms with Gasteiger partial charge < -0.3 is 5.11 Å². The molecule has 2 nitrogen and oxygen atoms in total. The largest absolute Gasteiger partial charge is 0.481 e. The Balaban J connectivity index is 1.95. The molecule has 0 bridgehead atoms. The van der Waals surface area contributed by atoms with Gasteiger partial charge in [0, 0.05) is 20.4 Å². The van der Waals surface area contributed by atoms with Crippen LogP contribution in [0, 0.1) is 0 Å². The lowest BCUT2D eigenvalue weighted by Gasteiger charge is -2.30. The van der Waals surface area contributed by atoms with Crippen LogP contribution < -0.4 is 0 Å². The van der Waals surface area contributed by atoms with Crippen molar-refractivity contribution in [3.63, 3.8) is 0 Å².